The van der Waals surface area contributed by atoms with Crippen LogP contribution in [0.25, 0.3) is 6.08 Å². The molecule has 0 spiro atoms. The largest absolute Gasteiger partial charge is 0.490 e. The molecule has 1 saturated heterocycles. The molecule has 39 heavy (non-hydrogen) atoms. The van der Waals surface area contributed by atoms with E-state index in [1.54, 1.807) is 38.1 Å². The molecule has 0 aromatic heterocycles. The fourth-order valence-corrected chi connectivity index (χ4v) is 5.50. The van der Waals surface area contributed by atoms with Gasteiger partial charge in [-0.15, -0.1) is 0 Å². The Morgan fingerprint density at radius 1 is 1.00 bits per heavy atom. The maximum Gasteiger partial charge on any atom is 0.339 e. The number of rotatable bonds is 7. The van der Waals surface area contributed by atoms with E-state index >= 15 is 0 Å². The van der Waals surface area contributed by atoms with Gasteiger partial charge in [-0.25, -0.2) is 9.69 Å². The number of carbonyl (C=O) groups is 3. The van der Waals surface area contributed by atoms with Crippen molar-refractivity contribution in [3.05, 3.63) is 86.9 Å². The Kier molecular flexibility index (Phi) is 7.94. The summed E-state index contributed by atoms with van der Waals surface area (Å²) >= 11 is 3.33. The molecular formula is C28H25BrN2O7S. The van der Waals surface area contributed by atoms with Crippen molar-refractivity contribution in [2.24, 2.45) is 0 Å². The number of anilines is 1. The first kappa shape index (κ1) is 28.1. The van der Waals surface area contributed by atoms with Gasteiger partial charge in [-0.05, 0) is 96.7 Å². The number of halogens is 1. The maximum absolute atomic E-state index is 13.4. The summed E-state index contributed by atoms with van der Waals surface area (Å²) in [5.41, 5.74) is 2.88. The van der Waals surface area contributed by atoms with Crippen molar-refractivity contribution in [2.45, 2.75) is 32.6 Å². The summed E-state index contributed by atoms with van der Waals surface area (Å²) in [7, 11) is -4.19. The standard InChI is InChI=1S/C28H25BrN2O7S/c1-5-37-24-15-19(14-22(29)25(24)38-39(35,36)20-11-9-16(2)10-12-20)13-21-26(32)30-28(34)31(27(21)33)23-8-6-7-17(3)18(23)4/h6-15H,5H2,1-4H3,(H,30,32,34)/b21-13+. The lowest BCUT2D eigenvalue weighted by Crippen LogP contribution is -2.54. The molecule has 4 rings (SSSR count). The van der Waals surface area contributed by atoms with Gasteiger partial charge >= 0.3 is 16.1 Å². The van der Waals surface area contributed by atoms with E-state index in [-0.39, 0.29) is 33.0 Å². The van der Waals surface area contributed by atoms with Gasteiger partial charge in [0.15, 0.2) is 11.5 Å². The Morgan fingerprint density at radius 2 is 1.69 bits per heavy atom. The zero-order valence-corrected chi connectivity index (χ0v) is 24.0. The first-order valence-electron chi connectivity index (χ1n) is 11.9. The molecule has 0 atom stereocenters. The van der Waals surface area contributed by atoms with Crippen LogP contribution in [0.1, 0.15) is 29.2 Å². The Labute approximate surface area is 234 Å². The zero-order valence-electron chi connectivity index (χ0n) is 21.6. The molecule has 3 aromatic rings. The van der Waals surface area contributed by atoms with Crippen molar-refractivity contribution in [3.63, 3.8) is 0 Å². The summed E-state index contributed by atoms with van der Waals surface area (Å²) in [6.45, 7) is 7.36. The summed E-state index contributed by atoms with van der Waals surface area (Å²) in [5, 5.41) is 2.21. The average Bonchev–Trinajstić information content (AvgIpc) is 2.87. The highest BCUT2D eigenvalue weighted by atomic mass is 79.9. The molecule has 3 aromatic carbocycles. The number of hydrogen-bond acceptors (Lipinski definition) is 7. The van der Waals surface area contributed by atoms with Crippen molar-refractivity contribution in [1.29, 1.82) is 0 Å². The Bertz CT molecular complexity index is 1630. The van der Waals surface area contributed by atoms with Crippen LogP contribution in [0.3, 0.4) is 0 Å². The lowest BCUT2D eigenvalue weighted by Gasteiger charge is -2.28. The number of nitrogens with zero attached hydrogens (tertiary/aromatic N) is 1. The number of hydrogen-bond donors (Lipinski definition) is 1. The molecule has 9 nitrogen and oxygen atoms in total. The summed E-state index contributed by atoms with van der Waals surface area (Å²) in [6, 6.07) is 13.5. The number of urea groups is 1. The van der Waals surface area contributed by atoms with Gasteiger partial charge < -0.3 is 8.92 Å². The van der Waals surface area contributed by atoms with Gasteiger partial charge in [-0.2, -0.15) is 8.42 Å². The van der Waals surface area contributed by atoms with Crippen LogP contribution in [-0.4, -0.2) is 32.9 Å². The van der Waals surface area contributed by atoms with Crippen LogP contribution in [0.15, 0.2) is 69.5 Å². The number of benzene rings is 3. The first-order valence-corrected chi connectivity index (χ1v) is 14.1. The molecule has 11 heteroatoms. The number of imide groups is 2. The minimum atomic E-state index is -4.19. The second-order valence-electron chi connectivity index (χ2n) is 8.79. The molecule has 0 aliphatic carbocycles. The third-order valence-electron chi connectivity index (χ3n) is 6.06. The number of amides is 4. The van der Waals surface area contributed by atoms with E-state index in [1.165, 1.54) is 30.3 Å². The van der Waals surface area contributed by atoms with Gasteiger partial charge in [0.25, 0.3) is 11.8 Å². The van der Waals surface area contributed by atoms with E-state index in [0.717, 1.165) is 16.0 Å². The second-order valence-corrected chi connectivity index (χ2v) is 11.2. The minimum absolute atomic E-state index is 0.0330. The molecule has 1 heterocycles. The van der Waals surface area contributed by atoms with Crippen LogP contribution in [0.5, 0.6) is 11.5 Å². The van der Waals surface area contributed by atoms with Crippen LogP contribution >= 0.6 is 15.9 Å². The molecule has 202 valence electrons. The summed E-state index contributed by atoms with van der Waals surface area (Å²) < 4.78 is 37.1. The van der Waals surface area contributed by atoms with E-state index in [1.807, 2.05) is 19.9 Å². The predicted molar refractivity (Wildman–Crippen MR) is 149 cm³/mol. The van der Waals surface area contributed by atoms with Gasteiger partial charge in [-0.1, -0.05) is 29.8 Å². The van der Waals surface area contributed by atoms with Gasteiger partial charge in [-0.3, -0.25) is 14.9 Å². The Hall–Kier alpha value is -3.96. The highest BCUT2D eigenvalue weighted by molar-refractivity contribution is 9.10. The molecule has 0 radical (unpaired) electrons. The third kappa shape index (κ3) is 5.74. The SMILES string of the molecule is CCOc1cc(/C=C2\C(=O)NC(=O)N(c3cccc(C)c3C)C2=O)cc(Br)c1OS(=O)(=O)c1ccc(C)cc1. The van der Waals surface area contributed by atoms with E-state index in [4.69, 9.17) is 8.92 Å². The van der Waals surface area contributed by atoms with E-state index in [0.29, 0.717) is 16.8 Å². The van der Waals surface area contributed by atoms with Crippen molar-refractivity contribution >= 4 is 55.7 Å². The predicted octanol–water partition coefficient (Wildman–Crippen LogP) is 5.21. The fraction of sp³-hybridized carbons (Fsp3) is 0.179. The quantitative estimate of drug-likeness (QED) is 0.221. The van der Waals surface area contributed by atoms with Crippen molar-refractivity contribution in [1.82, 2.24) is 5.32 Å². The van der Waals surface area contributed by atoms with E-state index in [9.17, 15) is 22.8 Å². The molecule has 0 saturated carbocycles. The van der Waals surface area contributed by atoms with Crippen LogP contribution in [0.2, 0.25) is 0 Å². The summed E-state index contributed by atoms with van der Waals surface area (Å²) in [6.07, 6.45) is 1.30. The van der Waals surface area contributed by atoms with Gasteiger partial charge in [0.05, 0.1) is 16.8 Å². The minimum Gasteiger partial charge on any atom is -0.490 e. The Balaban J connectivity index is 1.74. The molecule has 1 fully saturated rings. The number of nitrogens with one attached hydrogen (secondary N) is 1. The van der Waals surface area contributed by atoms with Crippen LogP contribution in [-0.2, 0) is 19.7 Å². The van der Waals surface area contributed by atoms with Gasteiger partial charge in [0.2, 0.25) is 0 Å². The highest BCUT2D eigenvalue weighted by Gasteiger charge is 2.37. The Morgan fingerprint density at radius 3 is 2.36 bits per heavy atom. The molecule has 0 bridgehead atoms. The average molecular weight is 613 g/mol. The molecular weight excluding hydrogens is 588 g/mol. The lowest BCUT2D eigenvalue weighted by atomic mass is 10.0. The summed E-state index contributed by atoms with van der Waals surface area (Å²) in [5.74, 6) is -1.68. The highest BCUT2D eigenvalue weighted by Crippen LogP contribution is 2.39. The smallest absolute Gasteiger partial charge is 0.339 e. The number of aryl methyl sites for hydroxylation is 2. The van der Waals surface area contributed by atoms with Gasteiger partial charge in [0.1, 0.15) is 10.5 Å². The molecule has 1 aliphatic rings. The van der Waals surface area contributed by atoms with Crippen LogP contribution in [0, 0.1) is 20.8 Å². The zero-order chi connectivity index (χ0) is 28.5. The lowest BCUT2D eigenvalue weighted by molar-refractivity contribution is -0.122. The maximum atomic E-state index is 13.4. The topological polar surface area (TPSA) is 119 Å². The number of barbiturate groups is 1. The second kappa shape index (κ2) is 11.0. The first-order chi connectivity index (χ1) is 18.4. The molecule has 0 unspecified atom stereocenters. The van der Waals surface area contributed by atoms with Gasteiger partial charge in [0, 0.05) is 0 Å². The van der Waals surface area contributed by atoms with Crippen molar-refractivity contribution in [3.8, 4) is 11.5 Å². The molecule has 1 N–H and O–H groups in total. The summed E-state index contributed by atoms with van der Waals surface area (Å²) in [4.78, 5) is 39.6. The number of carbonyl (C=O) groups excluding carboxylic acids is 3. The van der Waals surface area contributed by atoms with E-state index in [2.05, 4.69) is 21.2 Å². The van der Waals surface area contributed by atoms with E-state index < -0.39 is 28.0 Å². The fourth-order valence-electron chi connectivity index (χ4n) is 3.90. The molecule has 4 amide bonds. The third-order valence-corrected chi connectivity index (χ3v) is 7.89. The monoisotopic (exact) mass is 612 g/mol. The normalized spacial score (nSPS) is 14.9. The van der Waals surface area contributed by atoms with Crippen LogP contribution < -0.4 is 19.1 Å². The van der Waals surface area contributed by atoms with Crippen molar-refractivity contribution < 1.29 is 31.7 Å². The molecule has 1 aliphatic heterocycles. The van der Waals surface area contributed by atoms with Crippen molar-refractivity contribution in [2.75, 3.05) is 11.5 Å². The number of ether oxygens (including phenoxy) is 1. The van der Waals surface area contributed by atoms with Crippen LogP contribution in [0.4, 0.5) is 10.5 Å².